The van der Waals surface area contributed by atoms with Gasteiger partial charge in [0.1, 0.15) is 22.9 Å². The van der Waals surface area contributed by atoms with E-state index in [2.05, 4.69) is 4.98 Å². The fraction of sp³-hybridized carbons (Fsp3) is 0.448. The SMILES string of the molecule is COc1ccccc1[C@H](Cn1c(=O)n(C2CCC2C(=O)O)c(=O)c2c(C)c(-c3ncco3)sc21)OC1CCOCC1. The molecule has 0 spiro atoms. The molecule has 1 aromatic carbocycles. The molecule has 11 nitrogen and oxygen atoms in total. The lowest BCUT2D eigenvalue weighted by atomic mass is 9.79. The van der Waals surface area contributed by atoms with Crippen LogP contribution in [0.3, 0.4) is 0 Å². The van der Waals surface area contributed by atoms with Gasteiger partial charge in [0.2, 0.25) is 5.89 Å². The number of ether oxygens (including phenoxy) is 3. The van der Waals surface area contributed by atoms with Crippen molar-refractivity contribution in [3.05, 3.63) is 68.7 Å². The van der Waals surface area contributed by atoms with Crippen molar-refractivity contribution in [3.8, 4) is 16.5 Å². The van der Waals surface area contributed by atoms with Crippen LogP contribution < -0.4 is 16.0 Å². The molecule has 1 N–H and O–H groups in total. The first-order chi connectivity index (χ1) is 19.9. The number of fused-ring (bicyclic) bond motifs is 1. The maximum absolute atomic E-state index is 14.2. The summed E-state index contributed by atoms with van der Waals surface area (Å²) in [6.07, 6.45) is 4.56. The molecule has 0 amide bonds. The number of para-hydroxylation sites is 1. The highest BCUT2D eigenvalue weighted by Gasteiger charge is 2.41. The molecular formula is C29H31N3O8S. The number of carboxylic acids is 1. The molecule has 2 fully saturated rings. The molecule has 2 aliphatic rings. The normalized spacial score (nSPS) is 20.1. The largest absolute Gasteiger partial charge is 0.496 e. The molecule has 4 heterocycles. The Bertz CT molecular complexity index is 1680. The average Bonchev–Trinajstić information content (AvgIpc) is 3.60. The lowest BCUT2D eigenvalue weighted by Gasteiger charge is -2.35. The zero-order chi connectivity index (χ0) is 28.7. The van der Waals surface area contributed by atoms with E-state index in [0.717, 1.165) is 10.1 Å². The maximum atomic E-state index is 14.2. The second kappa shape index (κ2) is 11.3. The first-order valence-electron chi connectivity index (χ1n) is 13.7. The van der Waals surface area contributed by atoms with E-state index in [1.807, 2.05) is 24.3 Å². The zero-order valence-electron chi connectivity index (χ0n) is 22.8. The summed E-state index contributed by atoms with van der Waals surface area (Å²) in [5.41, 5.74) is 0.343. The highest BCUT2D eigenvalue weighted by molar-refractivity contribution is 7.22. The van der Waals surface area contributed by atoms with Gasteiger partial charge in [-0.05, 0) is 44.2 Å². The third-order valence-corrected chi connectivity index (χ3v) is 9.42. The number of aromatic nitrogens is 3. The summed E-state index contributed by atoms with van der Waals surface area (Å²) in [5, 5.41) is 10.1. The van der Waals surface area contributed by atoms with Crippen LogP contribution in [0.15, 0.2) is 50.7 Å². The number of carboxylic acid groups (broad SMARTS) is 1. The van der Waals surface area contributed by atoms with Gasteiger partial charge in [-0.15, -0.1) is 11.3 Å². The Morgan fingerprint density at radius 3 is 2.63 bits per heavy atom. The summed E-state index contributed by atoms with van der Waals surface area (Å²) in [4.78, 5) is 45.4. The third-order valence-electron chi connectivity index (χ3n) is 8.12. The summed E-state index contributed by atoms with van der Waals surface area (Å²) in [5.74, 6) is -0.855. The van der Waals surface area contributed by atoms with E-state index >= 15 is 0 Å². The van der Waals surface area contributed by atoms with Crippen LogP contribution in [0.1, 0.15) is 49.0 Å². The second-order valence-corrected chi connectivity index (χ2v) is 11.4. The number of nitrogens with zero attached hydrogens (tertiary/aromatic N) is 3. The van der Waals surface area contributed by atoms with Crippen LogP contribution in [0, 0.1) is 12.8 Å². The van der Waals surface area contributed by atoms with E-state index in [4.69, 9.17) is 18.6 Å². The van der Waals surface area contributed by atoms with Gasteiger partial charge >= 0.3 is 11.7 Å². The molecule has 3 atom stereocenters. The van der Waals surface area contributed by atoms with Gasteiger partial charge in [-0.2, -0.15) is 0 Å². The van der Waals surface area contributed by atoms with E-state index in [9.17, 15) is 19.5 Å². The molecule has 4 aromatic rings. The quantitative estimate of drug-likeness (QED) is 0.309. The van der Waals surface area contributed by atoms with Crippen molar-refractivity contribution in [3.63, 3.8) is 0 Å². The van der Waals surface area contributed by atoms with Crippen molar-refractivity contribution in [1.29, 1.82) is 0 Å². The molecule has 12 heteroatoms. The molecule has 3 aromatic heterocycles. The van der Waals surface area contributed by atoms with Crippen molar-refractivity contribution >= 4 is 27.5 Å². The molecule has 216 valence electrons. The third kappa shape index (κ3) is 4.89. The van der Waals surface area contributed by atoms with Crippen LogP contribution in [0.5, 0.6) is 5.75 Å². The summed E-state index contributed by atoms with van der Waals surface area (Å²) < 4.78 is 26.1. The Hall–Kier alpha value is -3.74. The van der Waals surface area contributed by atoms with E-state index in [-0.39, 0.29) is 12.6 Å². The molecule has 0 bridgehead atoms. The van der Waals surface area contributed by atoms with E-state index in [1.165, 1.54) is 23.8 Å². The fourth-order valence-corrected chi connectivity index (χ4v) is 7.04. The average molecular weight is 582 g/mol. The molecule has 1 saturated heterocycles. The van der Waals surface area contributed by atoms with Gasteiger partial charge in [-0.25, -0.2) is 9.78 Å². The summed E-state index contributed by atoms with van der Waals surface area (Å²) >= 11 is 1.25. The Labute approximate surface area is 238 Å². The Balaban J connectivity index is 1.55. The van der Waals surface area contributed by atoms with Crippen molar-refractivity contribution < 1.29 is 28.5 Å². The predicted molar refractivity (Wildman–Crippen MR) is 151 cm³/mol. The monoisotopic (exact) mass is 581 g/mol. The topological polar surface area (TPSA) is 135 Å². The number of rotatable bonds is 9. The van der Waals surface area contributed by atoms with Crippen LogP contribution in [-0.4, -0.2) is 51.6 Å². The first-order valence-corrected chi connectivity index (χ1v) is 14.5. The van der Waals surface area contributed by atoms with Crippen LogP contribution >= 0.6 is 11.3 Å². The van der Waals surface area contributed by atoms with Crippen LogP contribution in [0.4, 0.5) is 0 Å². The molecule has 41 heavy (non-hydrogen) atoms. The summed E-state index contributed by atoms with van der Waals surface area (Å²) in [6.45, 7) is 3.05. The highest BCUT2D eigenvalue weighted by Crippen LogP contribution is 2.40. The van der Waals surface area contributed by atoms with Crippen molar-refractivity contribution in [1.82, 2.24) is 14.1 Å². The number of oxazole rings is 1. The number of hydrogen-bond acceptors (Lipinski definition) is 9. The fourth-order valence-electron chi connectivity index (χ4n) is 5.79. The van der Waals surface area contributed by atoms with E-state index < -0.39 is 35.3 Å². The van der Waals surface area contributed by atoms with Gasteiger partial charge in [0.15, 0.2) is 0 Å². The highest BCUT2D eigenvalue weighted by atomic mass is 32.1. The van der Waals surface area contributed by atoms with Gasteiger partial charge < -0.3 is 23.7 Å². The minimum absolute atomic E-state index is 0.0861. The summed E-state index contributed by atoms with van der Waals surface area (Å²) in [6, 6.07) is 6.78. The van der Waals surface area contributed by atoms with Crippen molar-refractivity contribution in [2.45, 2.75) is 57.4 Å². The Morgan fingerprint density at radius 2 is 1.98 bits per heavy atom. The van der Waals surface area contributed by atoms with Gasteiger partial charge in [0.25, 0.3) is 5.56 Å². The second-order valence-electron chi connectivity index (χ2n) is 10.4. The zero-order valence-corrected chi connectivity index (χ0v) is 23.6. The maximum Gasteiger partial charge on any atom is 0.332 e. The molecule has 1 saturated carbocycles. The molecular weight excluding hydrogens is 550 g/mol. The molecule has 1 aliphatic carbocycles. The lowest BCUT2D eigenvalue weighted by molar-refractivity contribution is -0.147. The number of aliphatic carboxylic acids is 1. The number of thiophene rings is 1. The predicted octanol–water partition coefficient (Wildman–Crippen LogP) is 4.17. The minimum Gasteiger partial charge on any atom is -0.496 e. The van der Waals surface area contributed by atoms with Crippen LogP contribution in [0.25, 0.3) is 21.0 Å². The van der Waals surface area contributed by atoms with Crippen LogP contribution in [0.2, 0.25) is 0 Å². The van der Waals surface area contributed by atoms with E-state index in [0.29, 0.717) is 71.2 Å². The van der Waals surface area contributed by atoms with Gasteiger partial charge in [-0.3, -0.25) is 18.7 Å². The van der Waals surface area contributed by atoms with Gasteiger partial charge in [0.05, 0.1) is 48.2 Å². The van der Waals surface area contributed by atoms with Crippen molar-refractivity contribution in [2.24, 2.45) is 5.92 Å². The van der Waals surface area contributed by atoms with Gasteiger partial charge in [0, 0.05) is 18.8 Å². The molecule has 1 aliphatic heterocycles. The number of hydrogen-bond donors (Lipinski definition) is 1. The van der Waals surface area contributed by atoms with E-state index in [1.54, 1.807) is 18.6 Å². The Kier molecular flexibility index (Phi) is 7.54. The molecule has 6 rings (SSSR count). The Morgan fingerprint density at radius 1 is 1.20 bits per heavy atom. The number of aryl methyl sites for hydroxylation is 1. The number of methoxy groups -OCH3 is 1. The number of benzene rings is 1. The standard InChI is InChI=1S/C29H31N3O8S/c1-16-23-26(33)32(20-8-7-18(20)28(34)35)29(36)31(27(23)41-24(16)25-30-11-14-39-25)15-22(40-17-9-12-38-13-10-17)19-5-3-4-6-21(19)37-2/h3-6,11,14,17-18,20,22H,7-10,12-13,15H2,1-2H3,(H,34,35)/t18?,20?,22-/m0/s1. The van der Waals surface area contributed by atoms with Crippen LogP contribution in [-0.2, 0) is 20.8 Å². The molecule has 2 unspecified atom stereocenters. The number of carbonyl (C=O) groups is 1. The first kappa shape index (κ1) is 27.4. The van der Waals surface area contributed by atoms with Crippen molar-refractivity contribution in [2.75, 3.05) is 20.3 Å². The van der Waals surface area contributed by atoms with Gasteiger partial charge in [-0.1, -0.05) is 18.2 Å². The molecule has 0 radical (unpaired) electrons. The summed E-state index contributed by atoms with van der Waals surface area (Å²) in [7, 11) is 1.59. The minimum atomic E-state index is -1.02. The smallest absolute Gasteiger partial charge is 0.332 e. The lowest BCUT2D eigenvalue weighted by Crippen LogP contribution is -2.49.